The molecule has 1 aromatic carbocycles. The van der Waals surface area contributed by atoms with Crippen molar-refractivity contribution in [2.45, 2.75) is 38.7 Å². The zero-order valence-electron chi connectivity index (χ0n) is 9.32. The molecule has 0 spiro atoms. The average molecular weight is 208 g/mol. The highest BCUT2D eigenvalue weighted by molar-refractivity contribution is 5.24. The molecule has 0 bridgehead atoms. The Morgan fingerprint density at radius 3 is 2.40 bits per heavy atom. The van der Waals surface area contributed by atoms with Crippen LogP contribution in [0.15, 0.2) is 24.3 Å². The molecule has 0 radical (unpaired) electrons. The Bertz CT molecular complexity index is 266. The molecule has 2 nitrogen and oxygen atoms in total. The first kappa shape index (κ1) is 12.2. The van der Waals surface area contributed by atoms with E-state index in [1.165, 1.54) is 5.56 Å². The second kappa shape index (κ2) is 6.59. The fraction of sp³-hybridized carbons (Fsp3) is 0.538. The minimum Gasteiger partial charge on any atom is -0.396 e. The van der Waals surface area contributed by atoms with Crippen molar-refractivity contribution >= 4 is 0 Å². The first-order chi connectivity index (χ1) is 7.27. The van der Waals surface area contributed by atoms with E-state index < -0.39 is 6.10 Å². The molecule has 0 aliphatic carbocycles. The molecule has 1 aromatic rings. The maximum absolute atomic E-state index is 9.76. The SMILES string of the molecule is CCCc1ccc(C(O)CCCO)cc1. The Balaban J connectivity index is 2.54. The van der Waals surface area contributed by atoms with Gasteiger partial charge in [0.25, 0.3) is 0 Å². The van der Waals surface area contributed by atoms with E-state index in [0.717, 1.165) is 18.4 Å². The summed E-state index contributed by atoms with van der Waals surface area (Å²) in [5, 5.41) is 18.4. The monoisotopic (exact) mass is 208 g/mol. The van der Waals surface area contributed by atoms with E-state index in [1.54, 1.807) is 0 Å². The Morgan fingerprint density at radius 2 is 1.87 bits per heavy atom. The molecule has 1 unspecified atom stereocenters. The largest absolute Gasteiger partial charge is 0.396 e. The second-order valence-electron chi connectivity index (χ2n) is 3.87. The number of benzene rings is 1. The lowest BCUT2D eigenvalue weighted by Crippen LogP contribution is -1.99. The molecule has 0 amide bonds. The highest BCUT2D eigenvalue weighted by Gasteiger charge is 2.06. The van der Waals surface area contributed by atoms with Crippen molar-refractivity contribution in [3.63, 3.8) is 0 Å². The molecule has 15 heavy (non-hydrogen) atoms. The summed E-state index contributed by atoms with van der Waals surface area (Å²) in [6.07, 6.45) is 3.08. The molecule has 2 N–H and O–H groups in total. The summed E-state index contributed by atoms with van der Waals surface area (Å²) in [5.41, 5.74) is 2.26. The third-order valence-electron chi connectivity index (χ3n) is 2.54. The van der Waals surface area contributed by atoms with Crippen LogP contribution in [0.2, 0.25) is 0 Å². The van der Waals surface area contributed by atoms with Crippen LogP contribution in [0.5, 0.6) is 0 Å². The summed E-state index contributed by atoms with van der Waals surface area (Å²) in [4.78, 5) is 0. The maximum atomic E-state index is 9.76. The highest BCUT2D eigenvalue weighted by atomic mass is 16.3. The van der Waals surface area contributed by atoms with Crippen LogP contribution in [0.25, 0.3) is 0 Å². The van der Waals surface area contributed by atoms with E-state index in [4.69, 9.17) is 5.11 Å². The summed E-state index contributed by atoms with van der Waals surface area (Å²) >= 11 is 0. The molecule has 0 aliphatic heterocycles. The van der Waals surface area contributed by atoms with Crippen LogP contribution in [0.3, 0.4) is 0 Å². The van der Waals surface area contributed by atoms with Crippen molar-refractivity contribution in [1.29, 1.82) is 0 Å². The summed E-state index contributed by atoms with van der Waals surface area (Å²) in [6, 6.07) is 8.10. The fourth-order valence-electron chi connectivity index (χ4n) is 1.65. The molecule has 0 fully saturated rings. The van der Waals surface area contributed by atoms with E-state index in [0.29, 0.717) is 12.8 Å². The van der Waals surface area contributed by atoms with Gasteiger partial charge in [0.15, 0.2) is 0 Å². The number of hydrogen-bond donors (Lipinski definition) is 2. The molecule has 0 saturated carbocycles. The van der Waals surface area contributed by atoms with Gasteiger partial charge in [-0.1, -0.05) is 37.6 Å². The predicted octanol–water partition coefficient (Wildman–Crippen LogP) is 2.45. The molecule has 0 heterocycles. The van der Waals surface area contributed by atoms with E-state index in [2.05, 4.69) is 19.1 Å². The standard InChI is InChI=1S/C13H20O2/c1-2-4-11-6-8-12(9-7-11)13(15)5-3-10-14/h6-9,13-15H,2-5,10H2,1H3. The predicted molar refractivity (Wildman–Crippen MR) is 61.7 cm³/mol. The van der Waals surface area contributed by atoms with Gasteiger partial charge in [0.05, 0.1) is 6.10 Å². The summed E-state index contributed by atoms with van der Waals surface area (Å²) < 4.78 is 0. The third-order valence-corrected chi connectivity index (χ3v) is 2.54. The van der Waals surface area contributed by atoms with Crippen molar-refractivity contribution in [2.75, 3.05) is 6.61 Å². The van der Waals surface area contributed by atoms with Crippen LogP contribution in [-0.4, -0.2) is 16.8 Å². The Kier molecular flexibility index (Phi) is 5.37. The van der Waals surface area contributed by atoms with Gasteiger partial charge in [0.2, 0.25) is 0 Å². The lowest BCUT2D eigenvalue weighted by Gasteiger charge is -2.10. The normalized spacial score (nSPS) is 12.7. The lowest BCUT2D eigenvalue weighted by atomic mass is 10.0. The van der Waals surface area contributed by atoms with Crippen LogP contribution in [0, 0.1) is 0 Å². The first-order valence-electron chi connectivity index (χ1n) is 5.65. The van der Waals surface area contributed by atoms with Gasteiger partial charge >= 0.3 is 0 Å². The van der Waals surface area contributed by atoms with Gasteiger partial charge in [-0.3, -0.25) is 0 Å². The lowest BCUT2D eigenvalue weighted by molar-refractivity contribution is 0.152. The fourth-order valence-corrected chi connectivity index (χ4v) is 1.65. The van der Waals surface area contributed by atoms with Gasteiger partial charge in [0, 0.05) is 6.61 Å². The number of rotatable bonds is 6. The van der Waals surface area contributed by atoms with Gasteiger partial charge in [-0.25, -0.2) is 0 Å². The van der Waals surface area contributed by atoms with E-state index in [9.17, 15) is 5.11 Å². The smallest absolute Gasteiger partial charge is 0.0790 e. The van der Waals surface area contributed by atoms with Crippen LogP contribution in [0.1, 0.15) is 43.4 Å². The zero-order valence-corrected chi connectivity index (χ0v) is 9.32. The minimum atomic E-state index is -0.437. The molecule has 0 aromatic heterocycles. The van der Waals surface area contributed by atoms with Crippen molar-refractivity contribution in [3.8, 4) is 0 Å². The van der Waals surface area contributed by atoms with Gasteiger partial charge in [0.1, 0.15) is 0 Å². The Hall–Kier alpha value is -0.860. The zero-order chi connectivity index (χ0) is 11.1. The van der Waals surface area contributed by atoms with Gasteiger partial charge < -0.3 is 10.2 Å². The summed E-state index contributed by atoms with van der Waals surface area (Å²) in [5.74, 6) is 0. The number of hydrogen-bond acceptors (Lipinski definition) is 2. The van der Waals surface area contributed by atoms with Gasteiger partial charge in [-0.2, -0.15) is 0 Å². The third kappa shape index (κ3) is 4.02. The van der Waals surface area contributed by atoms with E-state index in [-0.39, 0.29) is 6.61 Å². The van der Waals surface area contributed by atoms with Gasteiger partial charge in [-0.15, -0.1) is 0 Å². The molecule has 0 saturated heterocycles. The second-order valence-corrected chi connectivity index (χ2v) is 3.87. The highest BCUT2D eigenvalue weighted by Crippen LogP contribution is 2.18. The molecule has 1 atom stereocenters. The molecule has 1 rings (SSSR count). The van der Waals surface area contributed by atoms with Crippen molar-refractivity contribution < 1.29 is 10.2 Å². The molecular formula is C13H20O2. The average Bonchev–Trinajstić information content (AvgIpc) is 2.27. The molecule has 0 aliphatic rings. The summed E-state index contributed by atoms with van der Waals surface area (Å²) in [6.45, 7) is 2.30. The Labute approximate surface area is 91.6 Å². The topological polar surface area (TPSA) is 40.5 Å². The quantitative estimate of drug-likeness (QED) is 0.754. The number of aliphatic hydroxyl groups is 2. The Morgan fingerprint density at radius 1 is 1.20 bits per heavy atom. The van der Waals surface area contributed by atoms with Crippen LogP contribution in [0.4, 0.5) is 0 Å². The van der Waals surface area contributed by atoms with E-state index >= 15 is 0 Å². The van der Waals surface area contributed by atoms with E-state index in [1.807, 2.05) is 12.1 Å². The van der Waals surface area contributed by atoms with Crippen molar-refractivity contribution in [2.24, 2.45) is 0 Å². The molecular weight excluding hydrogens is 188 g/mol. The number of aryl methyl sites for hydroxylation is 1. The summed E-state index contributed by atoms with van der Waals surface area (Å²) in [7, 11) is 0. The van der Waals surface area contributed by atoms with Crippen LogP contribution < -0.4 is 0 Å². The molecule has 2 heteroatoms. The van der Waals surface area contributed by atoms with Crippen molar-refractivity contribution in [1.82, 2.24) is 0 Å². The van der Waals surface area contributed by atoms with Crippen LogP contribution in [-0.2, 0) is 6.42 Å². The minimum absolute atomic E-state index is 0.144. The first-order valence-corrected chi connectivity index (χ1v) is 5.65. The van der Waals surface area contributed by atoms with Gasteiger partial charge in [-0.05, 0) is 30.4 Å². The van der Waals surface area contributed by atoms with Crippen molar-refractivity contribution in [3.05, 3.63) is 35.4 Å². The maximum Gasteiger partial charge on any atom is 0.0790 e. The molecule has 84 valence electrons. The van der Waals surface area contributed by atoms with Crippen LogP contribution >= 0.6 is 0 Å². The number of aliphatic hydroxyl groups excluding tert-OH is 2.